The molecule has 13 heteroatoms. The van der Waals surface area contributed by atoms with Gasteiger partial charge < -0.3 is 4.74 Å². The lowest BCUT2D eigenvalue weighted by molar-refractivity contribution is -0.137. The normalized spacial score (nSPS) is 12.4. The summed E-state index contributed by atoms with van der Waals surface area (Å²) in [6, 6.07) is 0.724. The minimum absolute atomic E-state index is 0.0445. The number of alkyl halides is 6. The summed E-state index contributed by atoms with van der Waals surface area (Å²) >= 11 is 16.7. The van der Waals surface area contributed by atoms with Gasteiger partial charge >= 0.3 is 16.1 Å². The third kappa shape index (κ3) is 5.03. The van der Waals surface area contributed by atoms with Crippen LogP contribution in [0.3, 0.4) is 0 Å². The summed E-state index contributed by atoms with van der Waals surface area (Å²) in [7, 11) is 0. The monoisotopic (exact) mass is 482 g/mol. The molecule has 0 amide bonds. The number of nitrogens with zero attached hydrogens (tertiary/aromatic N) is 2. The number of rotatable bonds is 5. The fourth-order valence-corrected chi connectivity index (χ4v) is 3.65. The van der Waals surface area contributed by atoms with Gasteiger partial charge in [0, 0.05) is 0 Å². The van der Waals surface area contributed by atoms with E-state index in [1.807, 2.05) is 0 Å². The number of hydrogen-bond donors (Lipinski definition) is 0. The number of halogens is 8. The molecule has 2 rings (SSSR count). The largest absolute Gasteiger partial charge is 0.461 e. The lowest BCUT2D eigenvalue weighted by Gasteiger charge is -2.13. The Morgan fingerprint density at radius 3 is 2.36 bits per heavy atom. The van der Waals surface area contributed by atoms with Crippen LogP contribution in [0.5, 0.6) is 0 Å². The van der Waals surface area contributed by atoms with Crippen LogP contribution in [0.15, 0.2) is 17.0 Å². The second kappa shape index (κ2) is 8.25. The number of carbonyl (C=O) groups is 1. The average Bonchev–Trinajstić information content (AvgIpc) is 2.82. The smallest absolute Gasteiger partial charge is 0.416 e. The van der Waals surface area contributed by atoms with E-state index in [0.29, 0.717) is 6.07 Å². The maximum absolute atomic E-state index is 14.4. The molecule has 0 fully saturated rings. The second-order valence-electron chi connectivity index (χ2n) is 5.23. The maximum Gasteiger partial charge on any atom is 0.416 e. The Morgan fingerprint density at radius 2 is 1.89 bits per heavy atom. The third-order valence-electron chi connectivity index (χ3n) is 3.30. The van der Waals surface area contributed by atoms with Gasteiger partial charge in [0.05, 0.1) is 27.8 Å². The Balaban J connectivity index is 2.70. The number of thioether (sulfide) groups is 1. The van der Waals surface area contributed by atoms with Crippen LogP contribution >= 0.6 is 46.6 Å². The predicted molar refractivity (Wildman–Crippen MR) is 95.6 cm³/mol. The van der Waals surface area contributed by atoms with E-state index in [2.05, 4.69) is 5.10 Å². The molecule has 0 aliphatic heterocycles. The zero-order valence-electron chi connectivity index (χ0n) is 14.0. The van der Waals surface area contributed by atoms with Crippen molar-refractivity contribution in [1.82, 2.24) is 9.78 Å². The van der Waals surface area contributed by atoms with Gasteiger partial charge in [0.15, 0.2) is 11.5 Å². The van der Waals surface area contributed by atoms with Crippen molar-refractivity contribution >= 4 is 52.5 Å². The molecule has 0 aliphatic carbocycles. The topological polar surface area (TPSA) is 44.1 Å². The summed E-state index contributed by atoms with van der Waals surface area (Å²) in [6.45, 7) is 2.75. The molecule has 0 saturated carbocycles. The van der Waals surface area contributed by atoms with Crippen LogP contribution in [0.1, 0.15) is 28.7 Å². The first-order valence-electron chi connectivity index (χ1n) is 7.35. The average molecular weight is 484 g/mol. The molecule has 4 nitrogen and oxygen atoms in total. The molecular weight excluding hydrogens is 474 g/mol. The van der Waals surface area contributed by atoms with E-state index in [4.69, 9.17) is 39.5 Å². The number of benzene rings is 1. The Hall–Kier alpha value is -1.23. The molecule has 0 aliphatic rings. The fraction of sp³-hybridized carbons (Fsp3) is 0.333. The zero-order chi connectivity index (χ0) is 21.4. The van der Waals surface area contributed by atoms with Gasteiger partial charge in [0.2, 0.25) is 0 Å². The van der Waals surface area contributed by atoms with Crippen LogP contribution in [0.25, 0.3) is 5.69 Å². The van der Waals surface area contributed by atoms with E-state index in [9.17, 15) is 26.7 Å². The summed E-state index contributed by atoms with van der Waals surface area (Å²) in [5.41, 5.74) is -2.38. The van der Waals surface area contributed by atoms with E-state index in [-0.39, 0.29) is 35.0 Å². The van der Waals surface area contributed by atoms with E-state index in [0.717, 1.165) is 4.68 Å². The highest BCUT2D eigenvalue weighted by Crippen LogP contribution is 2.45. The maximum atomic E-state index is 14.4. The van der Waals surface area contributed by atoms with E-state index >= 15 is 0 Å². The standard InChI is InChI=1S/C15H10Cl3F5N2O2S/c1-3-27-13(26)10-12(28-15(17,18)23)6(2)25(24-10)11-8(16)4-7(5-9(11)19)14(20,21)22/h4-5H,3H2,1-2H3. The molecule has 154 valence electrons. The molecule has 1 aromatic carbocycles. The predicted octanol–water partition coefficient (Wildman–Crippen LogP) is 6.32. The van der Waals surface area contributed by atoms with E-state index in [1.165, 1.54) is 13.8 Å². The van der Waals surface area contributed by atoms with Crippen LogP contribution in [-0.4, -0.2) is 26.3 Å². The Bertz CT molecular complexity index is 889. The van der Waals surface area contributed by atoms with Gasteiger partial charge in [-0.1, -0.05) is 34.8 Å². The summed E-state index contributed by atoms with van der Waals surface area (Å²) in [6.07, 6.45) is -4.83. The second-order valence-corrected chi connectivity index (χ2v) is 8.49. The van der Waals surface area contributed by atoms with Crippen LogP contribution in [-0.2, 0) is 10.9 Å². The van der Waals surface area contributed by atoms with Crippen LogP contribution < -0.4 is 0 Å². The van der Waals surface area contributed by atoms with Gasteiger partial charge in [0.1, 0.15) is 5.69 Å². The first-order valence-corrected chi connectivity index (χ1v) is 9.30. The number of ether oxygens (including phenoxy) is 1. The highest BCUT2D eigenvalue weighted by molar-refractivity contribution is 8.03. The Labute approximate surface area is 174 Å². The molecule has 0 bridgehead atoms. The van der Waals surface area contributed by atoms with Crippen molar-refractivity contribution in [2.24, 2.45) is 0 Å². The van der Waals surface area contributed by atoms with Crippen molar-refractivity contribution in [3.63, 3.8) is 0 Å². The number of hydrogen-bond acceptors (Lipinski definition) is 4. The SMILES string of the molecule is CCOC(=O)c1nn(-c2c(F)cc(C(F)(F)F)cc2Cl)c(C)c1SC(F)(Cl)Cl. The van der Waals surface area contributed by atoms with Crippen molar-refractivity contribution in [1.29, 1.82) is 0 Å². The Kier molecular flexibility index (Phi) is 6.79. The van der Waals surface area contributed by atoms with Gasteiger partial charge in [-0.2, -0.15) is 22.7 Å². The molecule has 0 spiro atoms. The summed E-state index contributed by atoms with van der Waals surface area (Å²) in [5, 5.41) is 3.20. The molecule has 0 atom stereocenters. The molecule has 28 heavy (non-hydrogen) atoms. The molecule has 0 unspecified atom stereocenters. The highest BCUT2D eigenvalue weighted by Gasteiger charge is 2.35. The molecule has 0 radical (unpaired) electrons. The Morgan fingerprint density at radius 1 is 1.29 bits per heavy atom. The number of carbonyl (C=O) groups excluding carboxylic acids is 1. The lowest BCUT2D eigenvalue weighted by atomic mass is 10.2. The molecule has 0 N–H and O–H groups in total. The minimum atomic E-state index is -4.83. The summed E-state index contributed by atoms with van der Waals surface area (Å²) in [5.74, 6) is -2.35. The van der Waals surface area contributed by atoms with Crippen LogP contribution in [0, 0.1) is 12.7 Å². The van der Waals surface area contributed by atoms with E-state index < -0.39 is 43.8 Å². The quantitative estimate of drug-likeness (QED) is 0.216. The third-order valence-corrected chi connectivity index (χ3v) is 4.98. The number of esters is 1. The zero-order valence-corrected chi connectivity index (χ0v) is 17.1. The lowest BCUT2D eigenvalue weighted by Crippen LogP contribution is -2.10. The number of aromatic nitrogens is 2. The van der Waals surface area contributed by atoms with Crippen LogP contribution in [0.4, 0.5) is 22.0 Å². The van der Waals surface area contributed by atoms with Crippen molar-refractivity contribution in [2.75, 3.05) is 6.61 Å². The molecule has 2 aromatic rings. The van der Waals surface area contributed by atoms with Crippen LogP contribution in [0.2, 0.25) is 5.02 Å². The fourth-order valence-electron chi connectivity index (χ4n) is 2.21. The van der Waals surface area contributed by atoms with Gasteiger partial charge in [-0.15, -0.1) is 0 Å². The first-order chi connectivity index (χ1) is 12.8. The van der Waals surface area contributed by atoms with E-state index in [1.54, 1.807) is 0 Å². The molecule has 1 heterocycles. The molecular formula is C15H10Cl3F5N2O2S. The highest BCUT2D eigenvalue weighted by atomic mass is 35.5. The first kappa shape index (κ1) is 23.1. The van der Waals surface area contributed by atoms with Crippen molar-refractivity contribution in [2.45, 2.75) is 28.8 Å². The van der Waals surface area contributed by atoms with Crippen molar-refractivity contribution in [3.05, 3.63) is 39.9 Å². The van der Waals surface area contributed by atoms with Crippen molar-refractivity contribution < 1.29 is 31.5 Å². The van der Waals surface area contributed by atoms with Gasteiger partial charge in [-0.05, 0) is 37.7 Å². The van der Waals surface area contributed by atoms with Gasteiger partial charge in [-0.3, -0.25) is 0 Å². The van der Waals surface area contributed by atoms with Gasteiger partial charge in [0.25, 0.3) is 0 Å². The van der Waals surface area contributed by atoms with Crippen molar-refractivity contribution in [3.8, 4) is 5.69 Å². The summed E-state index contributed by atoms with van der Waals surface area (Å²) in [4.78, 5) is 11.9. The molecule has 0 saturated heterocycles. The molecule has 1 aromatic heterocycles. The van der Waals surface area contributed by atoms with Gasteiger partial charge in [-0.25, -0.2) is 13.9 Å². The minimum Gasteiger partial charge on any atom is -0.461 e. The summed E-state index contributed by atoms with van der Waals surface area (Å²) < 4.78 is 69.3.